The summed E-state index contributed by atoms with van der Waals surface area (Å²) in [5.74, 6) is 0. The third kappa shape index (κ3) is 4.94. The van der Waals surface area contributed by atoms with E-state index in [9.17, 15) is 13.2 Å². The lowest BCUT2D eigenvalue weighted by Gasteiger charge is -2.11. The van der Waals surface area contributed by atoms with Crippen molar-refractivity contribution in [1.29, 1.82) is 0 Å². The van der Waals surface area contributed by atoms with Gasteiger partial charge >= 0.3 is 6.18 Å². The summed E-state index contributed by atoms with van der Waals surface area (Å²) in [4.78, 5) is 0. The highest BCUT2D eigenvalue weighted by atomic mass is 19.4. The molecule has 1 heterocycles. The molecule has 6 heteroatoms. The molecule has 2 aromatic carbocycles. The van der Waals surface area contributed by atoms with E-state index < -0.39 is 12.6 Å². The molecule has 0 aliphatic carbocycles. The minimum atomic E-state index is -4.30. The molecule has 0 saturated carbocycles. The van der Waals surface area contributed by atoms with Gasteiger partial charge in [-0.05, 0) is 24.8 Å². The topological polar surface area (TPSA) is 30.7 Å². The first-order valence-electron chi connectivity index (χ1n) is 8.61. The first-order valence-corrected chi connectivity index (χ1v) is 8.61. The monoisotopic (exact) mass is 359 g/mol. The molecule has 26 heavy (non-hydrogen) atoms. The molecule has 3 nitrogen and oxygen atoms in total. The minimum absolute atomic E-state index is 0.128. The zero-order valence-corrected chi connectivity index (χ0v) is 14.3. The molecule has 0 saturated heterocycles. The molecule has 0 N–H and O–H groups in total. The van der Waals surface area contributed by atoms with Crippen LogP contribution in [0.15, 0.2) is 60.7 Å². The van der Waals surface area contributed by atoms with Crippen molar-refractivity contribution >= 4 is 0 Å². The van der Waals surface area contributed by atoms with Crippen molar-refractivity contribution in [3.8, 4) is 11.3 Å². The highest BCUT2D eigenvalue weighted by Gasteiger charge is 2.32. The van der Waals surface area contributed by atoms with Gasteiger partial charge in [-0.3, -0.25) is 0 Å². The van der Waals surface area contributed by atoms with Crippen LogP contribution in [0.1, 0.15) is 24.1 Å². The number of nitrogens with zero attached hydrogens (tertiary/aromatic N) is 3. The highest BCUT2D eigenvalue weighted by Crippen LogP contribution is 2.28. The number of alkyl halides is 3. The smallest absolute Gasteiger partial charge is 0.248 e. The third-order valence-electron chi connectivity index (χ3n) is 4.18. The maximum absolute atomic E-state index is 13.0. The maximum atomic E-state index is 13.0. The lowest BCUT2D eigenvalue weighted by molar-refractivity contribution is -0.128. The molecule has 0 atom stereocenters. The van der Waals surface area contributed by atoms with Crippen molar-refractivity contribution in [1.82, 2.24) is 15.0 Å². The predicted molar refractivity (Wildman–Crippen MR) is 94.6 cm³/mol. The molecule has 0 unspecified atom stereocenters. The Hall–Kier alpha value is -2.63. The van der Waals surface area contributed by atoms with E-state index in [2.05, 4.69) is 22.4 Å². The van der Waals surface area contributed by atoms with Crippen molar-refractivity contribution in [2.75, 3.05) is 0 Å². The van der Waals surface area contributed by atoms with Crippen LogP contribution in [0.5, 0.6) is 0 Å². The number of hydrogen-bond donors (Lipinski definition) is 0. The predicted octanol–water partition coefficient (Wildman–Crippen LogP) is 5.07. The Morgan fingerprint density at radius 1 is 0.846 bits per heavy atom. The molecular weight excluding hydrogens is 339 g/mol. The Balaban J connectivity index is 1.71. The van der Waals surface area contributed by atoms with E-state index in [1.54, 1.807) is 24.3 Å². The normalized spacial score (nSPS) is 11.7. The summed E-state index contributed by atoms with van der Waals surface area (Å²) in [5.41, 5.74) is 2.32. The molecule has 0 amide bonds. The fourth-order valence-electron chi connectivity index (χ4n) is 2.93. The van der Waals surface area contributed by atoms with Gasteiger partial charge in [-0.25, -0.2) is 4.68 Å². The first-order chi connectivity index (χ1) is 12.5. The van der Waals surface area contributed by atoms with Crippen LogP contribution in [0.25, 0.3) is 11.3 Å². The standard InChI is InChI=1S/C20H20F3N3/c21-20(22,23)15-18-19(17-12-5-2-6-13-17)24-25-26(18)14-8-7-11-16-9-3-1-4-10-16/h1-6,9-10,12-13H,7-8,11,14-15H2. The van der Waals surface area contributed by atoms with Crippen molar-refractivity contribution in [3.05, 3.63) is 71.9 Å². The van der Waals surface area contributed by atoms with E-state index in [0.717, 1.165) is 19.3 Å². The number of aromatic nitrogens is 3. The molecular formula is C20H20F3N3. The Morgan fingerprint density at radius 2 is 1.50 bits per heavy atom. The van der Waals surface area contributed by atoms with Gasteiger partial charge in [0.05, 0.1) is 12.1 Å². The number of aryl methyl sites for hydroxylation is 2. The molecule has 0 bridgehead atoms. The number of benzene rings is 2. The van der Waals surface area contributed by atoms with Crippen LogP contribution in [0, 0.1) is 0 Å². The largest absolute Gasteiger partial charge is 0.394 e. The fourth-order valence-corrected chi connectivity index (χ4v) is 2.93. The van der Waals surface area contributed by atoms with Crippen LogP contribution >= 0.6 is 0 Å². The van der Waals surface area contributed by atoms with Crippen LogP contribution in [0.4, 0.5) is 13.2 Å². The summed E-state index contributed by atoms with van der Waals surface area (Å²) >= 11 is 0. The average molecular weight is 359 g/mol. The third-order valence-corrected chi connectivity index (χ3v) is 4.18. The van der Waals surface area contributed by atoms with Crippen LogP contribution in [-0.2, 0) is 19.4 Å². The molecule has 3 rings (SSSR count). The van der Waals surface area contributed by atoms with E-state index in [0.29, 0.717) is 17.8 Å². The van der Waals surface area contributed by atoms with Gasteiger partial charge in [0.25, 0.3) is 0 Å². The van der Waals surface area contributed by atoms with Crippen LogP contribution in [0.2, 0.25) is 0 Å². The second-order valence-corrected chi connectivity index (χ2v) is 6.21. The van der Waals surface area contributed by atoms with Crippen LogP contribution in [-0.4, -0.2) is 21.2 Å². The van der Waals surface area contributed by atoms with E-state index in [4.69, 9.17) is 0 Å². The molecule has 0 radical (unpaired) electrons. The SMILES string of the molecule is FC(F)(F)Cc1c(-c2ccccc2)nnn1CCCCc1ccccc1. The van der Waals surface area contributed by atoms with Gasteiger partial charge in [0.2, 0.25) is 0 Å². The molecule has 1 aromatic heterocycles. The van der Waals surface area contributed by atoms with Crippen molar-refractivity contribution in [2.24, 2.45) is 0 Å². The number of halogens is 3. The van der Waals surface area contributed by atoms with Gasteiger partial charge < -0.3 is 0 Å². The van der Waals surface area contributed by atoms with E-state index in [1.165, 1.54) is 10.2 Å². The Morgan fingerprint density at radius 3 is 2.15 bits per heavy atom. The fraction of sp³-hybridized carbons (Fsp3) is 0.300. The highest BCUT2D eigenvalue weighted by molar-refractivity contribution is 5.61. The first kappa shape index (κ1) is 18.2. The van der Waals surface area contributed by atoms with Gasteiger partial charge in [-0.15, -0.1) is 5.10 Å². The summed E-state index contributed by atoms with van der Waals surface area (Å²) < 4.78 is 40.5. The molecule has 136 valence electrons. The summed E-state index contributed by atoms with van der Waals surface area (Å²) in [5, 5.41) is 8.01. The maximum Gasteiger partial charge on any atom is 0.394 e. The number of rotatable bonds is 7. The zero-order valence-electron chi connectivity index (χ0n) is 14.3. The van der Waals surface area contributed by atoms with Crippen molar-refractivity contribution < 1.29 is 13.2 Å². The van der Waals surface area contributed by atoms with E-state index >= 15 is 0 Å². The lowest BCUT2D eigenvalue weighted by Crippen LogP contribution is -2.17. The number of hydrogen-bond acceptors (Lipinski definition) is 2. The summed E-state index contributed by atoms with van der Waals surface area (Å²) in [6.45, 7) is 0.429. The van der Waals surface area contributed by atoms with Crippen LogP contribution in [0.3, 0.4) is 0 Å². The van der Waals surface area contributed by atoms with E-state index in [1.807, 2.05) is 24.3 Å². The molecule has 0 aliphatic heterocycles. The lowest BCUT2D eigenvalue weighted by atomic mass is 10.1. The van der Waals surface area contributed by atoms with Gasteiger partial charge in [-0.1, -0.05) is 65.9 Å². The molecule has 0 spiro atoms. The minimum Gasteiger partial charge on any atom is -0.248 e. The average Bonchev–Trinajstić information content (AvgIpc) is 3.01. The summed E-state index contributed by atoms with van der Waals surface area (Å²) in [6, 6.07) is 18.9. The summed E-state index contributed by atoms with van der Waals surface area (Å²) in [6.07, 6.45) is -2.79. The van der Waals surface area contributed by atoms with Gasteiger partial charge in [0, 0.05) is 12.1 Å². The molecule has 0 aliphatic rings. The Kier molecular flexibility index (Phi) is 5.71. The number of unbranched alkanes of at least 4 members (excludes halogenated alkanes) is 1. The molecule has 0 fully saturated rings. The second-order valence-electron chi connectivity index (χ2n) is 6.21. The Bertz CT molecular complexity index is 811. The second kappa shape index (κ2) is 8.17. The van der Waals surface area contributed by atoms with Crippen LogP contribution < -0.4 is 0 Å². The van der Waals surface area contributed by atoms with E-state index in [-0.39, 0.29) is 5.69 Å². The van der Waals surface area contributed by atoms with Crippen molar-refractivity contribution in [3.63, 3.8) is 0 Å². The zero-order chi connectivity index (χ0) is 18.4. The van der Waals surface area contributed by atoms with Gasteiger partial charge in [0.15, 0.2) is 0 Å². The van der Waals surface area contributed by atoms with Gasteiger partial charge in [-0.2, -0.15) is 13.2 Å². The Labute approximate surface area is 150 Å². The molecule has 3 aromatic rings. The van der Waals surface area contributed by atoms with Crippen molar-refractivity contribution in [2.45, 2.75) is 38.4 Å². The summed E-state index contributed by atoms with van der Waals surface area (Å²) in [7, 11) is 0. The van der Waals surface area contributed by atoms with Gasteiger partial charge in [0.1, 0.15) is 5.69 Å². The quantitative estimate of drug-likeness (QED) is 0.551.